The van der Waals surface area contributed by atoms with Crippen LogP contribution in [0.3, 0.4) is 0 Å². The Bertz CT molecular complexity index is 385. The third kappa shape index (κ3) is 3.56. The van der Waals surface area contributed by atoms with Crippen molar-refractivity contribution in [2.75, 3.05) is 0 Å². The summed E-state index contributed by atoms with van der Waals surface area (Å²) < 4.78 is 5.39. The summed E-state index contributed by atoms with van der Waals surface area (Å²) in [6.07, 6.45) is 5.22. The zero-order chi connectivity index (χ0) is 12.3. The summed E-state index contributed by atoms with van der Waals surface area (Å²) in [6, 6.07) is 0.00534. The largest absolute Gasteiger partial charge is 0.444 e. The highest BCUT2D eigenvalue weighted by Crippen LogP contribution is 2.32. The lowest BCUT2D eigenvalue weighted by Crippen LogP contribution is -2.32. The van der Waals surface area contributed by atoms with Gasteiger partial charge < -0.3 is 15.5 Å². The van der Waals surface area contributed by atoms with Crippen LogP contribution in [0.2, 0.25) is 0 Å². The summed E-state index contributed by atoms with van der Waals surface area (Å²) in [6.45, 7) is 2.34. The van der Waals surface area contributed by atoms with Crippen LogP contribution in [0, 0.1) is 5.92 Å². The molecule has 2 rings (SSSR count). The van der Waals surface area contributed by atoms with E-state index in [-0.39, 0.29) is 11.9 Å². The van der Waals surface area contributed by atoms with Crippen LogP contribution in [0.1, 0.15) is 37.8 Å². The standard InChI is InChI=1S/C12H19N3O2/c1-2-9-6-15-12(17-9)7-14-11(16)5-10(13)8-3-4-8/h6,8,10H,2-5,7,13H2,1H3,(H,14,16). The molecule has 1 unspecified atom stereocenters. The molecular formula is C12H19N3O2. The normalized spacial score (nSPS) is 16.8. The molecule has 0 saturated heterocycles. The molecule has 1 saturated carbocycles. The zero-order valence-electron chi connectivity index (χ0n) is 10.1. The first-order valence-corrected chi connectivity index (χ1v) is 6.15. The molecule has 1 amide bonds. The average molecular weight is 237 g/mol. The van der Waals surface area contributed by atoms with Gasteiger partial charge in [-0.05, 0) is 18.8 Å². The quantitative estimate of drug-likeness (QED) is 0.772. The number of hydrogen-bond acceptors (Lipinski definition) is 4. The molecule has 3 N–H and O–H groups in total. The van der Waals surface area contributed by atoms with E-state index in [1.165, 1.54) is 0 Å². The molecule has 0 radical (unpaired) electrons. The fourth-order valence-corrected chi connectivity index (χ4v) is 1.74. The van der Waals surface area contributed by atoms with Crippen molar-refractivity contribution in [1.82, 2.24) is 10.3 Å². The maximum Gasteiger partial charge on any atom is 0.221 e. The van der Waals surface area contributed by atoms with Crippen molar-refractivity contribution in [2.24, 2.45) is 11.7 Å². The number of amides is 1. The average Bonchev–Trinajstić information content (AvgIpc) is 3.06. The molecule has 1 atom stereocenters. The predicted octanol–water partition coefficient (Wildman–Crippen LogP) is 0.981. The first kappa shape index (κ1) is 12.1. The van der Waals surface area contributed by atoms with E-state index in [0.717, 1.165) is 25.0 Å². The van der Waals surface area contributed by atoms with Gasteiger partial charge in [0.25, 0.3) is 0 Å². The molecule has 5 heteroatoms. The van der Waals surface area contributed by atoms with Crippen molar-refractivity contribution in [3.05, 3.63) is 17.8 Å². The van der Waals surface area contributed by atoms with Crippen LogP contribution in [-0.4, -0.2) is 16.9 Å². The summed E-state index contributed by atoms with van der Waals surface area (Å²) in [5.74, 6) is 1.91. The van der Waals surface area contributed by atoms with Crippen LogP contribution in [-0.2, 0) is 17.8 Å². The van der Waals surface area contributed by atoms with Gasteiger partial charge in [-0.15, -0.1) is 0 Å². The number of aromatic nitrogens is 1. The molecule has 1 aliphatic carbocycles. The minimum absolute atomic E-state index is 0.00534. The van der Waals surface area contributed by atoms with Gasteiger partial charge in [0.15, 0.2) is 0 Å². The summed E-state index contributed by atoms with van der Waals surface area (Å²) in [4.78, 5) is 15.6. The Morgan fingerprint density at radius 2 is 2.47 bits per heavy atom. The number of oxazole rings is 1. The van der Waals surface area contributed by atoms with E-state index in [1.807, 2.05) is 6.92 Å². The van der Waals surface area contributed by atoms with E-state index in [0.29, 0.717) is 24.8 Å². The van der Waals surface area contributed by atoms with Gasteiger partial charge in [-0.3, -0.25) is 4.79 Å². The van der Waals surface area contributed by atoms with Crippen LogP contribution in [0.15, 0.2) is 10.6 Å². The molecule has 17 heavy (non-hydrogen) atoms. The molecule has 94 valence electrons. The van der Waals surface area contributed by atoms with Crippen molar-refractivity contribution < 1.29 is 9.21 Å². The van der Waals surface area contributed by atoms with Crippen LogP contribution >= 0.6 is 0 Å². The Hall–Kier alpha value is -1.36. The lowest BCUT2D eigenvalue weighted by molar-refractivity contribution is -0.121. The molecule has 1 aliphatic rings. The second-order valence-electron chi connectivity index (χ2n) is 4.56. The van der Waals surface area contributed by atoms with E-state index >= 15 is 0 Å². The number of aryl methyl sites for hydroxylation is 1. The Labute approximate surface area is 101 Å². The fourth-order valence-electron chi connectivity index (χ4n) is 1.74. The topological polar surface area (TPSA) is 81.2 Å². The number of hydrogen-bond donors (Lipinski definition) is 2. The fraction of sp³-hybridized carbons (Fsp3) is 0.667. The van der Waals surface area contributed by atoms with Crippen LogP contribution in [0.5, 0.6) is 0 Å². The Balaban J connectivity index is 1.71. The molecule has 0 spiro atoms. The molecular weight excluding hydrogens is 218 g/mol. The first-order valence-electron chi connectivity index (χ1n) is 6.15. The van der Waals surface area contributed by atoms with Crippen molar-refractivity contribution in [3.63, 3.8) is 0 Å². The van der Waals surface area contributed by atoms with Gasteiger partial charge in [-0.1, -0.05) is 6.92 Å². The van der Waals surface area contributed by atoms with Gasteiger partial charge in [0.05, 0.1) is 12.7 Å². The summed E-state index contributed by atoms with van der Waals surface area (Å²) in [7, 11) is 0. The highest BCUT2D eigenvalue weighted by atomic mass is 16.4. The number of rotatable bonds is 6. The first-order chi connectivity index (χ1) is 8.19. The molecule has 0 aliphatic heterocycles. The van der Waals surface area contributed by atoms with Crippen LogP contribution < -0.4 is 11.1 Å². The highest BCUT2D eigenvalue weighted by molar-refractivity contribution is 5.76. The van der Waals surface area contributed by atoms with Crippen LogP contribution in [0.4, 0.5) is 0 Å². The molecule has 1 aromatic rings. The van der Waals surface area contributed by atoms with Gasteiger partial charge >= 0.3 is 0 Å². The third-order valence-electron chi connectivity index (χ3n) is 3.04. The van der Waals surface area contributed by atoms with E-state index in [9.17, 15) is 4.79 Å². The monoisotopic (exact) mass is 237 g/mol. The molecule has 0 aromatic carbocycles. The minimum Gasteiger partial charge on any atom is -0.444 e. The SMILES string of the molecule is CCc1cnc(CNC(=O)CC(N)C2CC2)o1. The highest BCUT2D eigenvalue weighted by Gasteiger charge is 2.29. The Kier molecular flexibility index (Phi) is 3.78. The maximum absolute atomic E-state index is 11.6. The number of nitrogens with zero attached hydrogens (tertiary/aromatic N) is 1. The van der Waals surface area contributed by atoms with Crippen LogP contribution in [0.25, 0.3) is 0 Å². The van der Waals surface area contributed by atoms with Gasteiger partial charge in [0.1, 0.15) is 5.76 Å². The summed E-state index contributed by atoms with van der Waals surface area (Å²) in [5.41, 5.74) is 5.87. The second kappa shape index (κ2) is 5.31. The molecule has 1 aromatic heterocycles. The van der Waals surface area contributed by atoms with E-state index in [4.69, 9.17) is 10.2 Å². The molecule has 1 fully saturated rings. The number of nitrogens with one attached hydrogen (secondary N) is 1. The zero-order valence-corrected chi connectivity index (χ0v) is 10.1. The van der Waals surface area contributed by atoms with Crippen molar-refractivity contribution in [1.29, 1.82) is 0 Å². The van der Waals surface area contributed by atoms with Gasteiger partial charge in [0.2, 0.25) is 11.8 Å². The lowest BCUT2D eigenvalue weighted by atomic mass is 10.1. The Morgan fingerprint density at radius 3 is 3.06 bits per heavy atom. The summed E-state index contributed by atoms with van der Waals surface area (Å²) >= 11 is 0. The molecule has 0 bridgehead atoms. The van der Waals surface area contributed by atoms with Gasteiger partial charge in [-0.2, -0.15) is 0 Å². The van der Waals surface area contributed by atoms with Gasteiger partial charge in [-0.25, -0.2) is 4.98 Å². The number of carbonyl (C=O) groups excluding carboxylic acids is 1. The number of nitrogens with two attached hydrogens (primary N) is 1. The van der Waals surface area contributed by atoms with Crippen molar-refractivity contribution >= 4 is 5.91 Å². The van der Waals surface area contributed by atoms with Crippen molar-refractivity contribution in [2.45, 2.75) is 45.2 Å². The predicted molar refractivity (Wildman–Crippen MR) is 63.0 cm³/mol. The molecule has 5 nitrogen and oxygen atoms in total. The minimum atomic E-state index is -0.0272. The van der Waals surface area contributed by atoms with E-state index < -0.39 is 0 Å². The smallest absolute Gasteiger partial charge is 0.221 e. The lowest BCUT2D eigenvalue weighted by Gasteiger charge is -2.09. The van der Waals surface area contributed by atoms with E-state index in [1.54, 1.807) is 6.20 Å². The second-order valence-corrected chi connectivity index (χ2v) is 4.56. The van der Waals surface area contributed by atoms with Gasteiger partial charge in [0, 0.05) is 18.9 Å². The number of carbonyl (C=O) groups is 1. The Morgan fingerprint density at radius 1 is 1.71 bits per heavy atom. The molecule has 1 heterocycles. The summed E-state index contributed by atoms with van der Waals surface area (Å²) in [5, 5.41) is 2.77. The van der Waals surface area contributed by atoms with E-state index in [2.05, 4.69) is 10.3 Å². The third-order valence-corrected chi connectivity index (χ3v) is 3.04. The maximum atomic E-state index is 11.6. The van der Waals surface area contributed by atoms with Crippen molar-refractivity contribution in [3.8, 4) is 0 Å².